The van der Waals surface area contributed by atoms with Gasteiger partial charge in [-0.15, -0.1) is 0 Å². The molecule has 12 nitrogen and oxygen atoms in total. The molecule has 0 aromatic carbocycles. The molecule has 0 aromatic rings. The standard InChI is InChI=1S/C14H12N6O6/c21-9-1-3-13(25)19(17-9)7-11(23)15-5-6-16-12(24)8-20-14(26)4-2-10(22)18-20/h1-4H,5-8H2/p+2. The molecular weight excluding hydrogens is 348 g/mol. The molecule has 2 rings (SSSR count). The summed E-state index contributed by atoms with van der Waals surface area (Å²) in [4.78, 5) is 68.3. The van der Waals surface area contributed by atoms with E-state index in [1.807, 2.05) is 0 Å². The molecule has 6 amide bonds. The van der Waals surface area contributed by atoms with Gasteiger partial charge in [-0.1, -0.05) is 0 Å². The Bertz CT molecular complexity index is 754. The van der Waals surface area contributed by atoms with E-state index in [4.69, 9.17) is 0 Å². The Balaban J connectivity index is 1.68. The van der Waals surface area contributed by atoms with Gasteiger partial charge in [0.15, 0.2) is 0 Å². The summed E-state index contributed by atoms with van der Waals surface area (Å²) >= 11 is 0. The fourth-order valence-electron chi connectivity index (χ4n) is 1.87. The maximum atomic E-state index is 11.7. The molecular formula is C14H14N6O6+2. The van der Waals surface area contributed by atoms with E-state index in [-0.39, 0.29) is 13.1 Å². The molecule has 2 heterocycles. The van der Waals surface area contributed by atoms with Gasteiger partial charge in [-0.2, -0.15) is 0 Å². The Morgan fingerprint density at radius 2 is 1.12 bits per heavy atom. The minimum absolute atomic E-state index is 0.0420. The molecule has 12 heteroatoms. The molecule has 0 radical (unpaired) electrons. The maximum Gasteiger partial charge on any atom is 0.437 e. The quantitative estimate of drug-likeness (QED) is 0.373. The zero-order chi connectivity index (χ0) is 19.1. The SMILES string of the molecule is O=C1C=CC(=O)[N+](CC(=O)NCCNC(=O)C[N+]2=NC(=O)C=CC2=O)=N1. The van der Waals surface area contributed by atoms with Gasteiger partial charge in [0, 0.05) is 35.5 Å². The first kappa shape index (κ1) is 18.6. The summed E-state index contributed by atoms with van der Waals surface area (Å²) in [7, 11) is 0. The van der Waals surface area contributed by atoms with Gasteiger partial charge in [-0.05, 0) is 9.39 Å². The molecule has 0 atom stereocenters. The van der Waals surface area contributed by atoms with Crippen molar-refractivity contribution >= 4 is 35.4 Å². The summed E-state index contributed by atoms with van der Waals surface area (Å²) in [6, 6.07) is 0. The van der Waals surface area contributed by atoms with Crippen molar-refractivity contribution in [3.05, 3.63) is 24.3 Å². The van der Waals surface area contributed by atoms with Crippen molar-refractivity contribution in [2.24, 2.45) is 10.2 Å². The third-order valence-corrected chi connectivity index (χ3v) is 3.04. The third-order valence-electron chi connectivity index (χ3n) is 3.04. The second-order valence-electron chi connectivity index (χ2n) is 5.03. The number of azo groups is 4. The van der Waals surface area contributed by atoms with Crippen LogP contribution in [0.5, 0.6) is 0 Å². The van der Waals surface area contributed by atoms with Gasteiger partial charge in [0.2, 0.25) is 0 Å². The minimum atomic E-state index is -0.643. The number of amides is 6. The van der Waals surface area contributed by atoms with Gasteiger partial charge in [0.1, 0.15) is 0 Å². The van der Waals surface area contributed by atoms with Crippen LogP contribution in [0.1, 0.15) is 0 Å². The Labute approximate surface area is 145 Å². The molecule has 2 aliphatic heterocycles. The van der Waals surface area contributed by atoms with Crippen LogP contribution < -0.4 is 10.6 Å². The number of hydrogen-bond donors (Lipinski definition) is 2. The molecule has 26 heavy (non-hydrogen) atoms. The number of carbonyl (C=O) groups excluding carboxylic acids is 6. The summed E-state index contributed by atoms with van der Waals surface area (Å²) in [6.07, 6.45) is 4.01. The van der Waals surface area contributed by atoms with Gasteiger partial charge in [0.05, 0.1) is 12.2 Å². The Hall–Kier alpha value is -3.70. The highest BCUT2D eigenvalue weighted by atomic mass is 16.2. The van der Waals surface area contributed by atoms with E-state index in [0.717, 1.165) is 33.7 Å². The highest BCUT2D eigenvalue weighted by molar-refractivity contribution is 5.97. The minimum Gasteiger partial charge on any atom is -0.349 e. The smallest absolute Gasteiger partial charge is 0.349 e. The first-order valence-electron chi connectivity index (χ1n) is 7.39. The van der Waals surface area contributed by atoms with Crippen LogP contribution in [-0.2, 0) is 28.8 Å². The number of nitrogens with one attached hydrogen (secondary N) is 2. The van der Waals surface area contributed by atoms with Crippen molar-refractivity contribution in [1.29, 1.82) is 0 Å². The van der Waals surface area contributed by atoms with Gasteiger partial charge < -0.3 is 10.6 Å². The molecule has 2 N–H and O–H groups in total. The lowest BCUT2D eigenvalue weighted by Gasteiger charge is -2.05. The van der Waals surface area contributed by atoms with Gasteiger partial charge >= 0.3 is 23.6 Å². The molecule has 0 fully saturated rings. The Kier molecular flexibility index (Phi) is 6.03. The summed E-state index contributed by atoms with van der Waals surface area (Å²) < 4.78 is 1.45. The lowest BCUT2D eigenvalue weighted by Crippen LogP contribution is -2.41. The zero-order valence-corrected chi connectivity index (χ0v) is 13.4. The van der Waals surface area contributed by atoms with Crippen molar-refractivity contribution in [1.82, 2.24) is 10.6 Å². The summed E-state index contributed by atoms with van der Waals surface area (Å²) in [5.74, 6) is -3.61. The number of rotatable bonds is 7. The predicted molar refractivity (Wildman–Crippen MR) is 79.4 cm³/mol. The van der Waals surface area contributed by atoms with Crippen molar-refractivity contribution in [3.63, 3.8) is 0 Å². The topological polar surface area (TPSA) is 157 Å². The molecule has 0 saturated carbocycles. The molecule has 0 saturated heterocycles. The number of hydrogen-bond acceptors (Lipinski definition) is 6. The third kappa shape index (κ3) is 5.43. The number of carbonyl (C=O) groups is 6. The largest absolute Gasteiger partial charge is 0.437 e. The Morgan fingerprint density at radius 3 is 1.50 bits per heavy atom. The number of nitrogens with zero attached hydrogens (tertiary/aromatic N) is 4. The van der Waals surface area contributed by atoms with E-state index in [9.17, 15) is 28.8 Å². The predicted octanol–water partition coefficient (Wildman–Crippen LogP) is -2.61. The van der Waals surface area contributed by atoms with Crippen molar-refractivity contribution in [2.75, 3.05) is 26.2 Å². The summed E-state index contributed by atoms with van der Waals surface area (Å²) in [6.45, 7) is -0.780. The molecule has 134 valence electrons. The van der Waals surface area contributed by atoms with E-state index < -0.39 is 48.5 Å². The fraction of sp³-hybridized carbons (Fsp3) is 0.286. The van der Waals surface area contributed by atoms with Crippen LogP contribution in [0.3, 0.4) is 0 Å². The second-order valence-corrected chi connectivity index (χ2v) is 5.03. The van der Waals surface area contributed by atoms with Crippen LogP contribution in [0.15, 0.2) is 34.5 Å². The van der Waals surface area contributed by atoms with Gasteiger partial charge in [-0.3, -0.25) is 19.2 Å². The molecule has 0 aromatic heterocycles. The van der Waals surface area contributed by atoms with E-state index in [0.29, 0.717) is 0 Å². The second kappa shape index (κ2) is 8.41. The molecule has 2 aliphatic rings. The van der Waals surface area contributed by atoms with Crippen LogP contribution in [0.4, 0.5) is 0 Å². The zero-order valence-electron chi connectivity index (χ0n) is 13.4. The Morgan fingerprint density at radius 1 is 0.731 bits per heavy atom. The van der Waals surface area contributed by atoms with Crippen LogP contribution >= 0.6 is 0 Å². The highest BCUT2D eigenvalue weighted by Crippen LogP contribution is 1.96. The van der Waals surface area contributed by atoms with Gasteiger partial charge in [-0.25, -0.2) is 9.59 Å². The lowest BCUT2D eigenvalue weighted by atomic mass is 10.4. The first-order valence-corrected chi connectivity index (χ1v) is 7.39. The average Bonchev–Trinajstić information content (AvgIpc) is 2.58. The normalized spacial score (nSPS) is 16.3. The molecule has 0 spiro atoms. The monoisotopic (exact) mass is 362 g/mol. The van der Waals surface area contributed by atoms with E-state index in [1.54, 1.807) is 0 Å². The van der Waals surface area contributed by atoms with E-state index >= 15 is 0 Å². The van der Waals surface area contributed by atoms with E-state index in [1.165, 1.54) is 0 Å². The van der Waals surface area contributed by atoms with Crippen LogP contribution in [-0.4, -0.2) is 71.0 Å². The van der Waals surface area contributed by atoms with Crippen molar-refractivity contribution in [2.45, 2.75) is 0 Å². The average molecular weight is 362 g/mol. The summed E-state index contributed by atoms with van der Waals surface area (Å²) in [5, 5.41) is 11.6. The lowest BCUT2D eigenvalue weighted by molar-refractivity contribution is -0.496. The maximum absolute atomic E-state index is 11.7. The molecule has 0 bridgehead atoms. The molecule has 0 aliphatic carbocycles. The van der Waals surface area contributed by atoms with Crippen molar-refractivity contribution < 1.29 is 38.2 Å². The van der Waals surface area contributed by atoms with E-state index in [2.05, 4.69) is 20.9 Å². The van der Waals surface area contributed by atoms with Gasteiger partial charge in [0.25, 0.3) is 24.9 Å². The summed E-state index contributed by atoms with van der Waals surface area (Å²) in [5.41, 5.74) is 0. The molecule has 0 unspecified atom stereocenters. The first-order chi connectivity index (χ1) is 12.3. The fourth-order valence-corrected chi connectivity index (χ4v) is 1.87. The van der Waals surface area contributed by atoms with Crippen LogP contribution in [0.2, 0.25) is 0 Å². The van der Waals surface area contributed by atoms with Crippen molar-refractivity contribution in [3.8, 4) is 0 Å². The van der Waals surface area contributed by atoms with Crippen LogP contribution in [0.25, 0.3) is 0 Å². The highest BCUT2D eigenvalue weighted by Gasteiger charge is 2.27. The van der Waals surface area contributed by atoms with Crippen LogP contribution in [0, 0.1) is 0 Å².